The normalized spacial score (nSPS) is 17.7. The molecule has 1 aliphatic carbocycles. The molecule has 3 nitrogen and oxygen atoms in total. The lowest BCUT2D eigenvalue weighted by Crippen LogP contribution is -2.29. The number of nitrogens with one attached hydrogen (secondary N) is 1. The molecule has 1 atom stereocenters. The van der Waals surface area contributed by atoms with Crippen LogP contribution in [0.15, 0.2) is 11.6 Å². The lowest BCUT2D eigenvalue weighted by atomic mass is 10.2. The van der Waals surface area contributed by atoms with Gasteiger partial charge in [-0.3, -0.25) is 4.79 Å². The fraction of sp³-hybridized carbons (Fsp3) is 0.600. The molecule has 0 bridgehead atoms. The Morgan fingerprint density at radius 2 is 2.23 bits per heavy atom. The van der Waals surface area contributed by atoms with Crippen LogP contribution in [0.1, 0.15) is 32.6 Å². The van der Waals surface area contributed by atoms with Gasteiger partial charge in [-0.1, -0.05) is 5.57 Å². The molecule has 0 saturated heterocycles. The third-order valence-electron chi connectivity index (χ3n) is 2.13. The minimum Gasteiger partial charge on any atom is -0.337 e. The molecular weight excluding hydrogens is 164 g/mol. The van der Waals surface area contributed by atoms with E-state index in [1.807, 2.05) is 6.07 Å². The predicted molar refractivity (Wildman–Crippen MR) is 49.8 cm³/mol. The fourth-order valence-electron chi connectivity index (χ4n) is 1.45. The van der Waals surface area contributed by atoms with Crippen molar-refractivity contribution in [2.24, 2.45) is 0 Å². The SMILES string of the molecule is CC(C#N)NC(=O)C=C1CCCC1. The Hall–Kier alpha value is -1.30. The summed E-state index contributed by atoms with van der Waals surface area (Å²) in [5.41, 5.74) is 1.21. The van der Waals surface area contributed by atoms with Crippen LogP contribution in [-0.4, -0.2) is 11.9 Å². The molecule has 1 saturated carbocycles. The summed E-state index contributed by atoms with van der Waals surface area (Å²) >= 11 is 0. The maximum Gasteiger partial charge on any atom is 0.244 e. The molecule has 1 unspecified atom stereocenters. The highest BCUT2D eigenvalue weighted by molar-refractivity contribution is 5.88. The molecule has 1 rings (SSSR count). The van der Waals surface area contributed by atoms with Crippen LogP contribution in [0, 0.1) is 11.3 Å². The molecular formula is C10H14N2O. The summed E-state index contributed by atoms with van der Waals surface area (Å²) in [7, 11) is 0. The average molecular weight is 178 g/mol. The Morgan fingerprint density at radius 1 is 1.62 bits per heavy atom. The van der Waals surface area contributed by atoms with E-state index in [0.29, 0.717) is 0 Å². The van der Waals surface area contributed by atoms with E-state index in [2.05, 4.69) is 5.32 Å². The number of amides is 1. The summed E-state index contributed by atoms with van der Waals surface area (Å²) in [6.07, 6.45) is 6.09. The summed E-state index contributed by atoms with van der Waals surface area (Å²) in [6.45, 7) is 1.67. The van der Waals surface area contributed by atoms with E-state index in [9.17, 15) is 4.79 Å². The van der Waals surface area contributed by atoms with Crippen molar-refractivity contribution in [3.05, 3.63) is 11.6 Å². The van der Waals surface area contributed by atoms with Crippen LogP contribution in [0.4, 0.5) is 0 Å². The zero-order chi connectivity index (χ0) is 9.68. The first-order chi connectivity index (χ1) is 6.22. The molecule has 0 aromatic rings. The molecule has 3 heteroatoms. The maximum atomic E-state index is 11.2. The Bertz CT molecular complexity index is 255. The molecule has 13 heavy (non-hydrogen) atoms. The van der Waals surface area contributed by atoms with E-state index < -0.39 is 6.04 Å². The fourth-order valence-corrected chi connectivity index (χ4v) is 1.45. The molecule has 1 N–H and O–H groups in total. The van der Waals surface area contributed by atoms with Crippen molar-refractivity contribution >= 4 is 5.91 Å². The number of nitriles is 1. The Labute approximate surface area is 78.4 Å². The van der Waals surface area contributed by atoms with Crippen molar-refractivity contribution in [3.8, 4) is 6.07 Å². The summed E-state index contributed by atoms with van der Waals surface area (Å²) in [5.74, 6) is -0.133. The van der Waals surface area contributed by atoms with Crippen molar-refractivity contribution in [3.63, 3.8) is 0 Å². The van der Waals surface area contributed by atoms with Crippen LogP contribution >= 0.6 is 0 Å². The first-order valence-corrected chi connectivity index (χ1v) is 4.62. The summed E-state index contributed by atoms with van der Waals surface area (Å²) in [6, 6.07) is 1.56. The molecule has 0 aromatic carbocycles. The standard InChI is InChI=1S/C10H14N2O/c1-8(7-11)12-10(13)6-9-4-2-3-5-9/h6,8H,2-5H2,1H3,(H,12,13). The molecule has 0 aliphatic heterocycles. The van der Waals surface area contributed by atoms with Crippen LogP contribution in [0.25, 0.3) is 0 Å². The molecule has 1 aliphatic rings. The molecule has 0 spiro atoms. The van der Waals surface area contributed by atoms with Gasteiger partial charge in [-0.2, -0.15) is 5.26 Å². The first kappa shape index (κ1) is 9.79. The zero-order valence-electron chi connectivity index (χ0n) is 7.84. The van der Waals surface area contributed by atoms with E-state index >= 15 is 0 Å². The lowest BCUT2D eigenvalue weighted by molar-refractivity contribution is -0.116. The first-order valence-electron chi connectivity index (χ1n) is 4.62. The number of nitrogens with zero attached hydrogens (tertiary/aromatic N) is 1. The van der Waals surface area contributed by atoms with Crippen molar-refractivity contribution in [1.82, 2.24) is 5.32 Å². The van der Waals surface area contributed by atoms with Gasteiger partial charge in [0.05, 0.1) is 6.07 Å². The van der Waals surface area contributed by atoms with Crippen LogP contribution in [0.3, 0.4) is 0 Å². The van der Waals surface area contributed by atoms with E-state index in [4.69, 9.17) is 5.26 Å². The van der Waals surface area contributed by atoms with Crippen molar-refractivity contribution in [1.29, 1.82) is 5.26 Å². The molecule has 70 valence electrons. The van der Waals surface area contributed by atoms with E-state index in [-0.39, 0.29) is 5.91 Å². The van der Waals surface area contributed by atoms with Crippen molar-refractivity contribution in [2.75, 3.05) is 0 Å². The van der Waals surface area contributed by atoms with Gasteiger partial charge in [0.2, 0.25) is 5.91 Å². The van der Waals surface area contributed by atoms with Crippen LogP contribution in [-0.2, 0) is 4.79 Å². The highest BCUT2D eigenvalue weighted by Crippen LogP contribution is 2.23. The Balaban J connectivity index is 2.41. The number of hydrogen-bond acceptors (Lipinski definition) is 2. The van der Waals surface area contributed by atoms with Gasteiger partial charge in [0.1, 0.15) is 6.04 Å². The quantitative estimate of drug-likeness (QED) is 0.652. The summed E-state index contributed by atoms with van der Waals surface area (Å²) in [5, 5.41) is 11.0. The van der Waals surface area contributed by atoms with Crippen molar-refractivity contribution in [2.45, 2.75) is 38.6 Å². The number of carbonyl (C=O) groups is 1. The van der Waals surface area contributed by atoms with Gasteiger partial charge in [0, 0.05) is 6.08 Å². The summed E-state index contributed by atoms with van der Waals surface area (Å²) in [4.78, 5) is 11.2. The van der Waals surface area contributed by atoms with Gasteiger partial charge in [-0.25, -0.2) is 0 Å². The second-order valence-corrected chi connectivity index (χ2v) is 3.37. The molecule has 1 amide bonds. The topological polar surface area (TPSA) is 52.9 Å². The zero-order valence-corrected chi connectivity index (χ0v) is 7.84. The van der Waals surface area contributed by atoms with Gasteiger partial charge in [-0.05, 0) is 32.6 Å². The van der Waals surface area contributed by atoms with Crippen LogP contribution in [0.2, 0.25) is 0 Å². The van der Waals surface area contributed by atoms with Crippen molar-refractivity contribution < 1.29 is 4.79 Å². The molecule has 0 aromatic heterocycles. The second kappa shape index (κ2) is 4.66. The number of carbonyl (C=O) groups excluding carboxylic acids is 1. The monoisotopic (exact) mass is 178 g/mol. The number of hydrogen-bond donors (Lipinski definition) is 1. The van der Waals surface area contributed by atoms with Gasteiger partial charge in [0.25, 0.3) is 0 Å². The highest BCUT2D eigenvalue weighted by atomic mass is 16.1. The Kier molecular flexibility index (Phi) is 3.51. The second-order valence-electron chi connectivity index (χ2n) is 3.37. The van der Waals surface area contributed by atoms with Gasteiger partial charge >= 0.3 is 0 Å². The minimum absolute atomic E-state index is 0.133. The van der Waals surface area contributed by atoms with Crippen LogP contribution < -0.4 is 5.32 Å². The minimum atomic E-state index is -0.397. The highest BCUT2D eigenvalue weighted by Gasteiger charge is 2.09. The largest absolute Gasteiger partial charge is 0.337 e. The smallest absolute Gasteiger partial charge is 0.244 e. The number of allylic oxidation sites excluding steroid dienone is 1. The molecule has 0 heterocycles. The van der Waals surface area contributed by atoms with Gasteiger partial charge < -0.3 is 5.32 Å². The lowest BCUT2D eigenvalue weighted by Gasteiger charge is -2.03. The third-order valence-corrected chi connectivity index (χ3v) is 2.13. The van der Waals surface area contributed by atoms with Crippen LogP contribution in [0.5, 0.6) is 0 Å². The predicted octanol–water partition coefficient (Wildman–Crippen LogP) is 1.52. The Morgan fingerprint density at radius 3 is 2.77 bits per heavy atom. The van der Waals surface area contributed by atoms with Gasteiger partial charge in [-0.15, -0.1) is 0 Å². The van der Waals surface area contributed by atoms with Gasteiger partial charge in [0.15, 0.2) is 0 Å². The summed E-state index contributed by atoms with van der Waals surface area (Å²) < 4.78 is 0. The maximum absolute atomic E-state index is 11.2. The third kappa shape index (κ3) is 3.29. The number of rotatable bonds is 2. The van der Waals surface area contributed by atoms with E-state index in [1.165, 1.54) is 18.4 Å². The van der Waals surface area contributed by atoms with E-state index in [1.54, 1.807) is 13.0 Å². The molecule has 1 fully saturated rings. The molecule has 0 radical (unpaired) electrons. The van der Waals surface area contributed by atoms with E-state index in [0.717, 1.165) is 12.8 Å². The average Bonchev–Trinajstić information content (AvgIpc) is 2.56.